The number of likely N-dealkylation sites (N-methyl/N-ethyl adjacent to an activating group) is 1. The molecule has 0 spiro atoms. The minimum Gasteiger partial charge on any atom is -0.441 e. The van der Waals surface area contributed by atoms with Gasteiger partial charge in [0.1, 0.15) is 5.52 Å². The van der Waals surface area contributed by atoms with Crippen molar-refractivity contribution in [2.45, 2.75) is 25.3 Å². The maximum atomic E-state index is 12.0. The van der Waals surface area contributed by atoms with Crippen molar-refractivity contribution in [1.29, 1.82) is 0 Å². The Balaban J connectivity index is 1.35. The first-order valence-electron chi connectivity index (χ1n) is 8.62. The van der Waals surface area contributed by atoms with Gasteiger partial charge in [-0.3, -0.25) is 9.69 Å². The van der Waals surface area contributed by atoms with E-state index in [1.807, 2.05) is 24.3 Å². The summed E-state index contributed by atoms with van der Waals surface area (Å²) in [7, 11) is 4.20. The van der Waals surface area contributed by atoms with Crippen LogP contribution in [0.25, 0.3) is 11.1 Å². The molecule has 0 saturated carbocycles. The Kier molecular flexibility index (Phi) is 5.48. The first-order chi connectivity index (χ1) is 11.6. The van der Waals surface area contributed by atoms with Crippen molar-refractivity contribution in [2.24, 2.45) is 0 Å². The van der Waals surface area contributed by atoms with Crippen molar-refractivity contribution in [3.05, 3.63) is 30.2 Å². The average molecular weight is 330 g/mol. The molecule has 6 heteroatoms. The Morgan fingerprint density at radius 1 is 1.42 bits per heavy atom. The number of fused-ring (bicyclic) bond motifs is 1. The topological polar surface area (TPSA) is 61.6 Å². The third-order valence-electron chi connectivity index (χ3n) is 4.57. The molecule has 1 N–H and O–H groups in total. The van der Waals surface area contributed by atoms with Gasteiger partial charge in [0, 0.05) is 32.1 Å². The molecule has 3 rings (SSSR count). The number of aryl methyl sites for hydroxylation is 1. The Bertz CT molecular complexity index is 649. The van der Waals surface area contributed by atoms with Gasteiger partial charge in [-0.15, -0.1) is 0 Å². The minimum atomic E-state index is 0.104. The van der Waals surface area contributed by atoms with Crippen LogP contribution in [0.15, 0.2) is 28.7 Å². The van der Waals surface area contributed by atoms with Crippen LogP contribution in [0.4, 0.5) is 0 Å². The largest absolute Gasteiger partial charge is 0.441 e. The van der Waals surface area contributed by atoms with E-state index in [1.54, 1.807) is 0 Å². The number of nitrogens with one attached hydrogen (secondary N) is 1. The summed E-state index contributed by atoms with van der Waals surface area (Å²) in [6.45, 7) is 3.12. The van der Waals surface area contributed by atoms with Crippen molar-refractivity contribution in [3.63, 3.8) is 0 Å². The molecule has 1 aliphatic rings. The van der Waals surface area contributed by atoms with Crippen molar-refractivity contribution < 1.29 is 9.21 Å². The first-order valence-corrected chi connectivity index (χ1v) is 8.62. The predicted octanol–water partition coefficient (Wildman–Crippen LogP) is 1.51. The van der Waals surface area contributed by atoms with Crippen LogP contribution in [0.1, 0.15) is 18.7 Å². The van der Waals surface area contributed by atoms with Crippen LogP contribution in [0.2, 0.25) is 0 Å². The van der Waals surface area contributed by atoms with E-state index in [1.165, 1.54) is 0 Å². The second-order valence-electron chi connectivity index (χ2n) is 6.67. The van der Waals surface area contributed by atoms with Gasteiger partial charge in [0.05, 0.1) is 6.54 Å². The molecule has 6 nitrogen and oxygen atoms in total. The number of para-hydroxylation sites is 2. The molecule has 24 heavy (non-hydrogen) atoms. The highest BCUT2D eigenvalue weighted by molar-refractivity contribution is 5.78. The molecule has 1 aromatic carbocycles. The molecule has 1 atom stereocenters. The smallest absolute Gasteiger partial charge is 0.234 e. The first kappa shape index (κ1) is 16.9. The number of aromatic nitrogens is 1. The molecule has 1 saturated heterocycles. The predicted molar refractivity (Wildman–Crippen MR) is 93.9 cm³/mol. The summed E-state index contributed by atoms with van der Waals surface area (Å²) >= 11 is 0. The fourth-order valence-electron chi connectivity index (χ4n) is 3.13. The lowest BCUT2D eigenvalue weighted by Gasteiger charge is -2.20. The Labute approximate surface area is 142 Å². The number of amides is 1. The zero-order chi connectivity index (χ0) is 16.9. The number of likely N-dealkylation sites (tertiary alicyclic amines) is 1. The maximum absolute atomic E-state index is 12.0. The van der Waals surface area contributed by atoms with Gasteiger partial charge < -0.3 is 14.6 Å². The SMILES string of the molecule is CN(C)[C@@H]1CCN(CC(=O)NCCCc2nc3ccccc3o2)C1. The molecule has 1 aliphatic heterocycles. The molecule has 2 aromatic rings. The van der Waals surface area contributed by atoms with E-state index in [-0.39, 0.29) is 5.91 Å². The normalized spacial score (nSPS) is 18.5. The number of nitrogens with zero attached hydrogens (tertiary/aromatic N) is 3. The van der Waals surface area contributed by atoms with Gasteiger partial charge in [0.2, 0.25) is 5.91 Å². The number of hydrogen-bond acceptors (Lipinski definition) is 5. The second-order valence-corrected chi connectivity index (χ2v) is 6.67. The molecular weight excluding hydrogens is 304 g/mol. The summed E-state index contributed by atoms with van der Waals surface area (Å²) in [6, 6.07) is 8.33. The zero-order valence-corrected chi connectivity index (χ0v) is 14.5. The average Bonchev–Trinajstić information content (AvgIpc) is 3.17. The van der Waals surface area contributed by atoms with Crippen molar-refractivity contribution in [1.82, 2.24) is 20.1 Å². The number of oxazole rings is 1. The number of hydrogen-bond donors (Lipinski definition) is 1. The zero-order valence-electron chi connectivity index (χ0n) is 14.5. The van der Waals surface area contributed by atoms with Crippen LogP contribution in [0.3, 0.4) is 0 Å². The second kappa shape index (κ2) is 7.77. The lowest BCUT2D eigenvalue weighted by Crippen LogP contribution is -2.38. The van der Waals surface area contributed by atoms with Gasteiger partial charge in [-0.05, 0) is 39.1 Å². The lowest BCUT2D eigenvalue weighted by atomic mass is 10.2. The molecule has 1 aromatic heterocycles. The third kappa shape index (κ3) is 4.33. The Hall–Kier alpha value is -1.92. The van der Waals surface area contributed by atoms with Crippen molar-refractivity contribution >= 4 is 17.0 Å². The fourth-order valence-corrected chi connectivity index (χ4v) is 3.13. The quantitative estimate of drug-likeness (QED) is 0.780. The summed E-state index contributed by atoms with van der Waals surface area (Å²) in [5.41, 5.74) is 1.71. The van der Waals surface area contributed by atoms with Gasteiger partial charge in [-0.25, -0.2) is 4.98 Å². The molecule has 0 radical (unpaired) electrons. The molecule has 0 bridgehead atoms. The van der Waals surface area contributed by atoms with Crippen molar-refractivity contribution in [3.8, 4) is 0 Å². The molecule has 1 amide bonds. The maximum Gasteiger partial charge on any atom is 0.234 e. The highest BCUT2D eigenvalue weighted by Crippen LogP contribution is 2.15. The minimum absolute atomic E-state index is 0.104. The monoisotopic (exact) mass is 330 g/mol. The van der Waals surface area contributed by atoms with Gasteiger partial charge in [0.25, 0.3) is 0 Å². The standard InChI is InChI=1S/C18H26N4O2/c1-21(2)14-9-11-22(12-14)13-17(23)19-10-5-8-18-20-15-6-3-4-7-16(15)24-18/h3-4,6-7,14H,5,8-13H2,1-2H3,(H,19,23)/t14-/m1/s1. The molecule has 130 valence electrons. The van der Waals surface area contributed by atoms with Crippen LogP contribution >= 0.6 is 0 Å². The van der Waals surface area contributed by atoms with Crippen LogP contribution in [0, 0.1) is 0 Å². The number of rotatable bonds is 7. The van der Waals surface area contributed by atoms with Gasteiger partial charge in [-0.2, -0.15) is 0 Å². The summed E-state index contributed by atoms with van der Waals surface area (Å²) in [5, 5.41) is 2.99. The summed E-state index contributed by atoms with van der Waals surface area (Å²) < 4.78 is 5.68. The van der Waals surface area contributed by atoms with E-state index in [0.717, 1.165) is 49.3 Å². The Morgan fingerprint density at radius 2 is 2.25 bits per heavy atom. The number of carbonyl (C=O) groups is 1. The van der Waals surface area contributed by atoms with Crippen molar-refractivity contribution in [2.75, 3.05) is 40.3 Å². The highest BCUT2D eigenvalue weighted by atomic mass is 16.3. The van der Waals surface area contributed by atoms with E-state index in [9.17, 15) is 4.79 Å². The molecular formula is C18H26N4O2. The van der Waals surface area contributed by atoms with Crippen LogP contribution in [-0.2, 0) is 11.2 Å². The van der Waals surface area contributed by atoms with E-state index in [2.05, 4.69) is 34.2 Å². The highest BCUT2D eigenvalue weighted by Gasteiger charge is 2.24. The van der Waals surface area contributed by atoms with Gasteiger partial charge >= 0.3 is 0 Å². The molecule has 1 fully saturated rings. The van der Waals surface area contributed by atoms with E-state index >= 15 is 0 Å². The fraction of sp³-hybridized carbons (Fsp3) is 0.556. The number of carbonyl (C=O) groups excluding carboxylic acids is 1. The van der Waals surface area contributed by atoms with E-state index in [4.69, 9.17) is 4.42 Å². The lowest BCUT2D eigenvalue weighted by molar-refractivity contribution is -0.122. The summed E-state index contributed by atoms with van der Waals surface area (Å²) in [5.74, 6) is 0.839. The van der Waals surface area contributed by atoms with Gasteiger partial charge in [-0.1, -0.05) is 12.1 Å². The summed E-state index contributed by atoms with van der Waals surface area (Å²) in [4.78, 5) is 20.9. The third-order valence-corrected chi connectivity index (χ3v) is 4.57. The van der Waals surface area contributed by atoms with Crippen LogP contribution in [0.5, 0.6) is 0 Å². The molecule has 2 heterocycles. The van der Waals surface area contributed by atoms with Gasteiger partial charge in [0.15, 0.2) is 11.5 Å². The van der Waals surface area contributed by atoms with E-state index in [0.29, 0.717) is 19.1 Å². The summed E-state index contributed by atoms with van der Waals surface area (Å²) in [6.07, 6.45) is 2.71. The molecule has 0 unspecified atom stereocenters. The van der Waals surface area contributed by atoms with Crippen LogP contribution in [-0.4, -0.2) is 67.0 Å². The number of benzene rings is 1. The van der Waals surface area contributed by atoms with Crippen LogP contribution < -0.4 is 5.32 Å². The molecule has 0 aliphatic carbocycles. The van der Waals surface area contributed by atoms with E-state index < -0.39 is 0 Å². The Morgan fingerprint density at radius 3 is 3.00 bits per heavy atom.